The first-order valence-electron chi connectivity index (χ1n) is 7.13. The molecule has 2 aromatic carbocycles. The molecule has 5 heteroatoms. The largest absolute Gasteiger partial charge is 0.481 e. The Hall–Kier alpha value is -2.82. The van der Waals surface area contributed by atoms with E-state index in [1.165, 1.54) is 0 Å². The Morgan fingerprint density at radius 3 is 2.50 bits per heavy atom. The zero-order valence-electron chi connectivity index (χ0n) is 11.9. The number of para-hydroxylation sites is 3. The molecule has 0 aromatic heterocycles. The van der Waals surface area contributed by atoms with Gasteiger partial charge in [0.25, 0.3) is 5.91 Å². The Kier molecular flexibility index (Phi) is 3.78. The van der Waals surface area contributed by atoms with E-state index in [4.69, 9.17) is 5.11 Å². The number of fused-ring (bicyclic) bond motifs is 1. The van der Waals surface area contributed by atoms with Crippen LogP contribution in [0.15, 0.2) is 54.6 Å². The molecule has 1 heterocycles. The van der Waals surface area contributed by atoms with Gasteiger partial charge in [0.05, 0.1) is 11.4 Å². The SMILES string of the molecule is O=C(O)CCC1Nc2ccccc2N(c2ccccc2)C1=O. The molecule has 1 atom stereocenters. The van der Waals surface area contributed by atoms with Crippen molar-refractivity contribution in [3.05, 3.63) is 54.6 Å². The van der Waals surface area contributed by atoms with Crippen molar-refractivity contribution in [2.75, 3.05) is 10.2 Å². The molecule has 112 valence electrons. The van der Waals surface area contributed by atoms with Crippen LogP contribution in [0.1, 0.15) is 12.8 Å². The fourth-order valence-corrected chi connectivity index (χ4v) is 2.62. The van der Waals surface area contributed by atoms with Crippen molar-refractivity contribution >= 4 is 28.9 Å². The molecule has 1 amide bonds. The highest BCUT2D eigenvalue weighted by Crippen LogP contribution is 2.37. The van der Waals surface area contributed by atoms with Gasteiger partial charge in [0.1, 0.15) is 6.04 Å². The van der Waals surface area contributed by atoms with Crippen LogP contribution in [0.25, 0.3) is 0 Å². The van der Waals surface area contributed by atoms with Crippen molar-refractivity contribution in [1.82, 2.24) is 0 Å². The molecule has 1 aliphatic heterocycles. The number of nitrogens with zero attached hydrogens (tertiary/aromatic N) is 1. The topological polar surface area (TPSA) is 69.6 Å². The van der Waals surface area contributed by atoms with E-state index in [-0.39, 0.29) is 18.7 Å². The number of nitrogens with one attached hydrogen (secondary N) is 1. The normalized spacial score (nSPS) is 16.8. The molecular weight excluding hydrogens is 280 g/mol. The minimum Gasteiger partial charge on any atom is -0.481 e. The van der Waals surface area contributed by atoms with E-state index < -0.39 is 12.0 Å². The van der Waals surface area contributed by atoms with Crippen LogP contribution < -0.4 is 10.2 Å². The summed E-state index contributed by atoms with van der Waals surface area (Å²) < 4.78 is 0. The van der Waals surface area contributed by atoms with Crippen LogP contribution in [0.2, 0.25) is 0 Å². The quantitative estimate of drug-likeness (QED) is 0.910. The van der Waals surface area contributed by atoms with Crippen molar-refractivity contribution in [3.63, 3.8) is 0 Å². The number of benzene rings is 2. The third-order valence-electron chi connectivity index (χ3n) is 3.65. The van der Waals surface area contributed by atoms with Crippen molar-refractivity contribution < 1.29 is 14.7 Å². The van der Waals surface area contributed by atoms with Crippen LogP contribution >= 0.6 is 0 Å². The van der Waals surface area contributed by atoms with E-state index in [2.05, 4.69) is 5.32 Å². The standard InChI is InChI=1S/C17H16N2O3/c20-16(21)11-10-14-17(22)19(12-6-2-1-3-7-12)15-9-5-4-8-13(15)18-14/h1-9,14,18H,10-11H2,(H,20,21). The molecular formula is C17H16N2O3. The third-order valence-corrected chi connectivity index (χ3v) is 3.65. The van der Waals surface area contributed by atoms with E-state index in [9.17, 15) is 9.59 Å². The lowest BCUT2D eigenvalue weighted by atomic mass is 10.0. The summed E-state index contributed by atoms with van der Waals surface area (Å²) >= 11 is 0. The van der Waals surface area contributed by atoms with E-state index in [0.717, 1.165) is 17.1 Å². The monoisotopic (exact) mass is 296 g/mol. The number of aliphatic carboxylic acids is 1. The fraction of sp³-hybridized carbons (Fsp3) is 0.176. The summed E-state index contributed by atoms with van der Waals surface area (Å²) in [4.78, 5) is 25.2. The van der Waals surface area contributed by atoms with E-state index >= 15 is 0 Å². The Bertz CT molecular complexity index is 700. The van der Waals surface area contributed by atoms with E-state index in [1.54, 1.807) is 4.90 Å². The second kappa shape index (κ2) is 5.89. The van der Waals surface area contributed by atoms with Crippen molar-refractivity contribution in [2.24, 2.45) is 0 Å². The van der Waals surface area contributed by atoms with Crippen molar-refractivity contribution in [3.8, 4) is 0 Å². The highest BCUT2D eigenvalue weighted by Gasteiger charge is 2.33. The van der Waals surface area contributed by atoms with Crippen LogP contribution in [0.3, 0.4) is 0 Å². The zero-order chi connectivity index (χ0) is 15.5. The molecule has 2 aromatic rings. The molecule has 22 heavy (non-hydrogen) atoms. The van der Waals surface area contributed by atoms with Gasteiger partial charge >= 0.3 is 5.97 Å². The van der Waals surface area contributed by atoms with E-state index in [0.29, 0.717) is 0 Å². The maximum absolute atomic E-state index is 12.8. The average molecular weight is 296 g/mol. The van der Waals surface area contributed by atoms with Crippen molar-refractivity contribution in [1.29, 1.82) is 0 Å². The number of carboxylic acids is 1. The predicted molar refractivity (Wildman–Crippen MR) is 84.3 cm³/mol. The summed E-state index contributed by atoms with van der Waals surface area (Å²) in [7, 11) is 0. The average Bonchev–Trinajstić information content (AvgIpc) is 2.53. The third kappa shape index (κ3) is 2.65. The number of hydrogen-bond donors (Lipinski definition) is 2. The maximum Gasteiger partial charge on any atom is 0.303 e. The van der Waals surface area contributed by atoms with Gasteiger partial charge in [-0.05, 0) is 30.7 Å². The molecule has 0 bridgehead atoms. The molecule has 0 fully saturated rings. The lowest BCUT2D eigenvalue weighted by molar-refractivity contribution is -0.137. The van der Waals surface area contributed by atoms with Gasteiger partial charge in [0.15, 0.2) is 0 Å². The van der Waals surface area contributed by atoms with Gasteiger partial charge in [-0.1, -0.05) is 30.3 Å². The molecule has 2 N–H and O–H groups in total. The lowest BCUT2D eigenvalue weighted by Gasteiger charge is -2.35. The molecule has 0 radical (unpaired) electrons. The first-order chi connectivity index (χ1) is 10.7. The summed E-state index contributed by atoms with van der Waals surface area (Å²) in [6, 6.07) is 16.4. The first kappa shape index (κ1) is 14.1. The van der Waals surface area contributed by atoms with Gasteiger partial charge in [0, 0.05) is 12.1 Å². The van der Waals surface area contributed by atoms with Crippen LogP contribution in [0.4, 0.5) is 17.1 Å². The van der Waals surface area contributed by atoms with Crippen LogP contribution in [0.5, 0.6) is 0 Å². The van der Waals surface area contributed by atoms with Crippen LogP contribution in [-0.4, -0.2) is 23.0 Å². The summed E-state index contributed by atoms with van der Waals surface area (Å²) in [6.45, 7) is 0. The lowest BCUT2D eigenvalue weighted by Crippen LogP contribution is -2.45. The highest BCUT2D eigenvalue weighted by atomic mass is 16.4. The van der Waals surface area contributed by atoms with Crippen LogP contribution in [0, 0.1) is 0 Å². The molecule has 0 aliphatic carbocycles. The number of carbonyl (C=O) groups excluding carboxylic acids is 1. The first-order valence-corrected chi connectivity index (χ1v) is 7.13. The predicted octanol–water partition coefficient (Wildman–Crippen LogP) is 3.01. The Balaban J connectivity index is 1.99. The smallest absolute Gasteiger partial charge is 0.303 e. The van der Waals surface area contributed by atoms with Gasteiger partial charge in [0.2, 0.25) is 0 Å². The maximum atomic E-state index is 12.8. The number of amides is 1. The summed E-state index contributed by atoms with van der Waals surface area (Å²) in [5.74, 6) is -1.04. The zero-order valence-corrected chi connectivity index (χ0v) is 11.9. The number of carbonyl (C=O) groups is 2. The van der Waals surface area contributed by atoms with Crippen LogP contribution in [-0.2, 0) is 9.59 Å². The highest BCUT2D eigenvalue weighted by molar-refractivity contribution is 6.10. The number of carboxylic acid groups (broad SMARTS) is 1. The Morgan fingerprint density at radius 2 is 1.77 bits per heavy atom. The molecule has 3 rings (SSSR count). The molecule has 1 unspecified atom stereocenters. The molecule has 0 saturated carbocycles. The minimum atomic E-state index is -0.903. The molecule has 1 aliphatic rings. The minimum absolute atomic E-state index is 0.0474. The van der Waals surface area contributed by atoms with Gasteiger partial charge < -0.3 is 10.4 Å². The van der Waals surface area contributed by atoms with Gasteiger partial charge in [-0.2, -0.15) is 0 Å². The summed E-state index contributed by atoms with van der Waals surface area (Å²) in [6.07, 6.45) is 0.208. The second-order valence-electron chi connectivity index (χ2n) is 5.16. The molecule has 5 nitrogen and oxygen atoms in total. The summed E-state index contributed by atoms with van der Waals surface area (Å²) in [5.41, 5.74) is 2.40. The molecule has 0 spiro atoms. The number of rotatable bonds is 4. The van der Waals surface area contributed by atoms with Crippen molar-refractivity contribution in [2.45, 2.75) is 18.9 Å². The Morgan fingerprint density at radius 1 is 1.09 bits per heavy atom. The second-order valence-corrected chi connectivity index (χ2v) is 5.16. The fourth-order valence-electron chi connectivity index (χ4n) is 2.62. The van der Waals surface area contributed by atoms with Gasteiger partial charge in [-0.3, -0.25) is 14.5 Å². The van der Waals surface area contributed by atoms with Gasteiger partial charge in [-0.15, -0.1) is 0 Å². The summed E-state index contributed by atoms with van der Waals surface area (Å²) in [5, 5.41) is 12.0. The number of hydrogen-bond acceptors (Lipinski definition) is 3. The van der Waals surface area contributed by atoms with E-state index in [1.807, 2.05) is 54.6 Å². The van der Waals surface area contributed by atoms with Gasteiger partial charge in [-0.25, -0.2) is 0 Å². The molecule has 0 saturated heterocycles. The Labute approximate surface area is 128 Å². The number of anilines is 3.